The van der Waals surface area contributed by atoms with Crippen LogP contribution in [0.15, 0.2) is 58.8 Å². The number of carbonyl (C=O) groups excluding carboxylic acids is 1. The topological polar surface area (TPSA) is 74.8 Å². The summed E-state index contributed by atoms with van der Waals surface area (Å²) in [6.45, 7) is 2.34. The van der Waals surface area contributed by atoms with Crippen molar-refractivity contribution in [3.05, 3.63) is 59.7 Å². The van der Waals surface area contributed by atoms with Gasteiger partial charge in [0.15, 0.2) is 0 Å². The van der Waals surface area contributed by atoms with Crippen LogP contribution in [-0.2, 0) is 16.0 Å². The van der Waals surface area contributed by atoms with Gasteiger partial charge in [-0.25, -0.2) is 0 Å². The maximum Gasteiger partial charge on any atom is 0.305 e. The molecule has 2 aromatic rings. The minimum Gasteiger partial charge on any atom is -0.466 e. The molecule has 0 bridgehead atoms. The molecule has 5 nitrogen and oxygen atoms in total. The lowest BCUT2D eigenvalue weighted by atomic mass is 10.1. The lowest BCUT2D eigenvalue weighted by Gasteiger charge is -2.04. The number of ether oxygens (including phenoxy) is 1. The van der Waals surface area contributed by atoms with Gasteiger partial charge >= 0.3 is 5.97 Å². The highest BCUT2D eigenvalue weighted by atomic mass is 16.5. The fraction of sp³-hybridized carbons (Fsp3) is 0.364. The second-order valence-corrected chi connectivity index (χ2v) is 6.26. The van der Waals surface area contributed by atoms with E-state index in [0.29, 0.717) is 18.6 Å². The third kappa shape index (κ3) is 7.83. The number of esters is 1. The van der Waals surface area contributed by atoms with E-state index in [-0.39, 0.29) is 5.97 Å². The van der Waals surface area contributed by atoms with E-state index >= 15 is 0 Å². The van der Waals surface area contributed by atoms with Crippen molar-refractivity contribution in [3.8, 4) is 6.07 Å². The summed E-state index contributed by atoms with van der Waals surface area (Å²) >= 11 is 0. The normalized spacial score (nSPS) is 10.7. The molecular weight excluding hydrogens is 338 g/mol. The number of nitrogens with zero attached hydrogens (tertiary/aromatic N) is 3. The molecule has 27 heavy (non-hydrogen) atoms. The van der Waals surface area contributed by atoms with E-state index < -0.39 is 0 Å². The number of benzene rings is 2. The van der Waals surface area contributed by atoms with Gasteiger partial charge in [-0.2, -0.15) is 15.5 Å². The van der Waals surface area contributed by atoms with Crippen LogP contribution in [-0.4, -0.2) is 12.6 Å². The summed E-state index contributed by atoms with van der Waals surface area (Å²) in [7, 11) is 0. The Morgan fingerprint density at radius 1 is 0.926 bits per heavy atom. The molecule has 0 aliphatic carbocycles. The van der Waals surface area contributed by atoms with Gasteiger partial charge in [0.25, 0.3) is 0 Å². The molecule has 0 radical (unpaired) electrons. The SMILES string of the molecule is CCC(=O)OCCCCCCc1ccc(N=Nc2ccc(C#N)cc2)cc1. The minimum atomic E-state index is -0.119. The first-order chi connectivity index (χ1) is 13.2. The van der Waals surface area contributed by atoms with Gasteiger partial charge in [-0.05, 0) is 61.2 Å². The molecule has 2 aromatic carbocycles. The summed E-state index contributed by atoms with van der Waals surface area (Å²) < 4.78 is 5.06. The molecule has 0 aliphatic heterocycles. The Labute approximate surface area is 160 Å². The van der Waals surface area contributed by atoms with Crippen molar-refractivity contribution in [1.82, 2.24) is 0 Å². The predicted octanol–water partition coefficient (Wildman–Crippen LogP) is 6.03. The average Bonchev–Trinajstić information content (AvgIpc) is 2.72. The predicted molar refractivity (Wildman–Crippen MR) is 105 cm³/mol. The number of unbranched alkanes of at least 4 members (excludes halogenated alkanes) is 3. The number of carbonyl (C=O) groups is 1. The lowest BCUT2D eigenvalue weighted by molar-refractivity contribution is -0.143. The van der Waals surface area contributed by atoms with Gasteiger partial charge < -0.3 is 4.74 Å². The first kappa shape index (κ1) is 20.3. The van der Waals surface area contributed by atoms with Crippen molar-refractivity contribution in [3.63, 3.8) is 0 Å². The fourth-order valence-corrected chi connectivity index (χ4v) is 2.52. The number of azo groups is 1. The monoisotopic (exact) mass is 363 g/mol. The highest BCUT2D eigenvalue weighted by Gasteiger charge is 1.99. The van der Waals surface area contributed by atoms with Gasteiger partial charge in [-0.3, -0.25) is 4.79 Å². The molecule has 0 heterocycles. The van der Waals surface area contributed by atoms with E-state index in [1.54, 1.807) is 24.3 Å². The number of hydrogen-bond acceptors (Lipinski definition) is 5. The van der Waals surface area contributed by atoms with Crippen molar-refractivity contribution in [2.45, 2.75) is 45.4 Å². The zero-order valence-electron chi connectivity index (χ0n) is 15.7. The zero-order chi connectivity index (χ0) is 19.3. The van der Waals surface area contributed by atoms with Gasteiger partial charge in [-0.1, -0.05) is 31.9 Å². The largest absolute Gasteiger partial charge is 0.466 e. The van der Waals surface area contributed by atoms with Crippen molar-refractivity contribution in [1.29, 1.82) is 5.26 Å². The Kier molecular flexibility index (Phi) is 8.72. The van der Waals surface area contributed by atoms with E-state index in [0.717, 1.165) is 43.5 Å². The molecule has 0 N–H and O–H groups in total. The van der Waals surface area contributed by atoms with Gasteiger partial charge in [0.1, 0.15) is 0 Å². The Balaban J connectivity index is 1.68. The molecule has 0 unspecified atom stereocenters. The van der Waals surface area contributed by atoms with E-state index in [1.807, 2.05) is 19.1 Å². The summed E-state index contributed by atoms with van der Waals surface area (Å²) in [6.07, 6.45) is 5.73. The summed E-state index contributed by atoms with van der Waals surface area (Å²) in [5.41, 5.74) is 3.42. The highest BCUT2D eigenvalue weighted by Crippen LogP contribution is 2.20. The second kappa shape index (κ2) is 11.6. The van der Waals surface area contributed by atoms with E-state index in [9.17, 15) is 4.79 Å². The van der Waals surface area contributed by atoms with Crippen LogP contribution in [0.25, 0.3) is 0 Å². The number of rotatable bonds is 10. The lowest BCUT2D eigenvalue weighted by Crippen LogP contribution is -2.03. The average molecular weight is 363 g/mol. The molecular formula is C22H25N3O2. The van der Waals surface area contributed by atoms with Crippen LogP contribution in [0.5, 0.6) is 0 Å². The smallest absolute Gasteiger partial charge is 0.305 e. The van der Waals surface area contributed by atoms with E-state index in [2.05, 4.69) is 28.4 Å². The van der Waals surface area contributed by atoms with Crippen LogP contribution < -0.4 is 0 Å². The van der Waals surface area contributed by atoms with Crippen molar-refractivity contribution < 1.29 is 9.53 Å². The van der Waals surface area contributed by atoms with Crippen LogP contribution in [0.2, 0.25) is 0 Å². The van der Waals surface area contributed by atoms with Crippen molar-refractivity contribution >= 4 is 17.3 Å². The summed E-state index contributed by atoms with van der Waals surface area (Å²) in [5, 5.41) is 17.2. The third-order valence-corrected chi connectivity index (χ3v) is 4.13. The number of nitriles is 1. The van der Waals surface area contributed by atoms with Gasteiger partial charge in [-0.15, -0.1) is 0 Å². The standard InChI is InChI=1S/C22H25N3O2/c1-2-22(26)27-16-6-4-3-5-7-18-8-12-20(13-9-18)24-25-21-14-10-19(17-23)11-15-21/h8-15H,2-7,16H2,1H3. The molecule has 5 heteroatoms. The first-order valence-electron chi connectivity index (χ1n) is 9.37. The zero-order valence-corrected chi connectivity index (χ0v) is 15.7. The van der Waals surface area contributed by atoms with Crippen LogP contribution in [0.3, 0.4) is 0 Å². The van der Waals surface area contributed by atoms with Gasteiger partial charge in [0.2, 0.25) is 0 Å². The molecule has 0 spiro atoms. The van der Waals surface area contributed by atoms with Crippen LogP contribution in [0.1, 0.15) is 50.2 Å². The first-order valence-corrected chi connectivity index (χ1v) is 9.37. The molecule has 140 valence electrons. The Morgan fingerprint density at radius 3 is 2.11 bits per heavy atom. The molecule has 0 saturated carbocycles. The molecule has 0 aromatic heterocycles. The highest BCUT2D eigenvalue weighted by molar-refractivity contribution is 5.68. The molecule has 0 saturated heterocycles. The van der Waals surface area contributed by atoms with Crippen LogP contribution >= 0.6 is 0 Å². The molecule has 0 atom stereocenters. The summed E-state index contributed by atoms with van der Waals surface area (Å²) in [6, 6.07) is 17.2. The fourth-order valence-electron chi connectivity index (χ4n) is 2.52. The van der Waals surface area contributed by atoms with Crippen molar-refractivity contribution in [2.75, 3.05) is 6.61 Å². The molecule has 0 fully saturated rings. The molecule has 0 aliphatic rings. The minimum absolute atomic E-state index is 0.119. The van der Waals surface area contributed by atoms with E-state index in [4.69, 9.17) is 10.00 Å². The Morgan fingerprint density at radius 2 is 1.52 bits per heavy atom. The van der Waals surface area contributed by atoms with Crippen LogP contribution in [0, 0.1) is 11.3 Å². The van der Waals surface area contributed by atoms with Crippen molar-refractivity contribution in [2.24, 2.45) is 10.2 Å². The maximum atomic E-state index is 11.0. The Hall–Kier alpha value is -3.00. The molecule has 2 rings (SSSR count). The number of hydrogen-bond donors (Lipinski definition) is 0. The summed E-state index contributed by atoms with van der Waals surface area (Å²) in [4.78, 5) is 11.0. The van der Waals surface area contributed by atoms with E-state index in [1.165, 1.54) is 5.56 Å². The second-order valence-electron chi connectivity index (χ2n) is 6.26. The van der Waals surface area contributed by atoms with Crippen LogP contribution in [0.4, 0.5) is 11.4 Å². The molecule has 0 amide bonds. The van der Waals surface area contributed by atoms with Gasteiger partial charge in [0, 0.05) is 6.42 Å². The number of aryl methyl sites for hydroxylation is 1. The van der Waals surface area contributed by atoms with Gasteiger partial charge in [0.05, 0.1) is 29.6 Å². The third-order valence-electron chi connectivity index (χ3n) is 4.13. The maximum absolute atomic E-state index is 11.0. The Bertz CT molecular complexity index is 775. The quantitative estimate of drug-likeness (QED) is 0.294. The summed E-state index contributed by atoms with van der Waals surface area (Å²) in [5.74, 6) is -0.119.